The zero-order valence-corrected chi connectivity index (χ0v) is 7.88. The first-order valence-corrected chi connectivity index (χ1v) is 3.76. The number of aryl methyl sites for hydroxylation is 1. The Bertz CT molecular complexity index is 229. The van der Waals surface area contributed by atoms with Gasteiger partial charge in [-0.25, -0.2) is 4.98 Å². The van der Waals surface area contributed by atoms with Crippen molar-refractivity contribution >= 4 is 21.9 Å². The SMILES string of the molecule is CN(C)c1nc(Br)cn1C. The van der Waals surface area contributed by atoms with Gasteiger partial charge in [0.2, 0.25) is 5.95 Å². The van der Waals surface area contributed by atoms with E-state index < -0.39 is 0 Å². The van der Waals surface area contributed by atoms with Crippen LogP contribution in [-0.2, 0) is 7.05 Å². The fourth-order valence-electron chi connectivity index (χ4n) is 0.836. The van der Waals surface area contributed by atoms with Crippen LogP contribution in [0.1, 0.15) is 0 Å². The summed E-state index contributed by atoms with van der Waals surface area (Å²) in [6.45, 7) is 0. The lowest BCUT2D eigenvalue weighted by Gasteiger charge is -2.09. The molecule has 10 heavy (non-hydrogen) atoms. The topological polar surface area (TPSA) is 21.1 Å². The molecule has 4 heteroatoms. The Morgan fingerprint density at radius 2 is 2.20 bits per heavy atom. The molecule has 0 N–H and O–H groups in total. The van der Waals surface area contributed by atoms with Crippen LogP contribution in [0.4, 0.5) is 5.95 Å². The van der Waals surface area contributed by atoms with Gasteiger partial charge in [0.25, 0.3) is 0 Å². The van der Waals surface area contributed by atoms with Crippen molar-refractivity contribution in [2.75, 3.05) is 19.0 Å². The zero-order valence-electron chi connectivity index (χ0n) is 6.30. The van der Waals surface area contributed by atoms with E-state index in [1.807, 2.05) is 36.8 Å². The summed E-state index contributed by atoms with van der Waals surface area (Å²) in [7, 11) is 5.90. The van der Waals surface area contributed by atoms with Crippen molar-refractivity contribution < 1.29 is 0 Å². The lowest BCUT2D eigenvalue weighted by Crippen LogP contribution is -2.13. The molecule has 3 nitrogen and oxygen atoms in total. The number of rotatable bonds is 1. The van der Waals surface area contributed by atoms with E-state index in [0.29, 0.717) is 0 Å². The lowest BCUT2D eigenvalue weighted by atomic mass is 10.8. The molecule has 0 aromatic carbocycles. The Balaban J connectivity index is 3.03. The van der Waals surface area contributed by atoms with Crippen LogP contribution in [0.15, 0.2) is 10.8 Å². The molecule has 1 heterocycles. The summed E-state index contributed by atoms with van der Waals surface area (Å²) in [5.41, 5.74) is 0. The van der Waals surface area contributed by atoms with Crippen LogP contribution >= 0.6 is 15.9 Å². The highest BCUT2D eigenvalue weighted by Crippen LogP contribution is 2.13. The monoisotopic (exact) mass is 203 g/mol. The number of imidazole rings is 1. The lowest BCUT2D eigenvalue weighted by molar-refractivity contribution is 0.867. The third kappa shape index (κ3) is 1.31. The van der Waals surface area contributed by atoms with E-state index in [4.69, 9.17) is 0 Å². The average Bonchev–Trinajstić information content (AvgIpc) is 2.10. The summed E-state index contributed by atoms with van der Waals surface area (Å²) < 4.78 is 2.84. The van der Waals surface area contributed by atoms with Gasteiger partial charge >= 0.3 is 0 Å². The van der Waals surface area contributed by atoms with E-state index >= 15 is 0 Å². The molecule has 0 spiro atoms. The van der Waals surface area contributed by atoms with Crippen LogP contribution in [0.2, 0.25) is 0 Å². The summed E-state index contributed by atoms with van der Waals surface area (Å²) >= 11 is 3.29. The van der Waals surface area contributed by atoms with Crippen molar-refractivity contribution in [3.63, 3.8) is 0 Å². The molecular weight excluding hydrogens is 194 g/mol. The summed E-state index contributed by atoms with van der Waals surface area (Å²) in [5, 5.41) is 0. The van der Waals surface area contributed by atoms with Gasteiger partial charge in [0, 0.05) is 27.3 Å². The minimum absolute atomic E-state index is 0.874. The van der Waals surface area contributed by atoms with Crippen LogP contribution in [0, 0.1) is 0 Å². The van der Waals surface area contributed by atoms with Crippen molar-refractivity contribution in [1.82, 2.24) is 9.55 Å². The van der Waals surface area contributed by atoms with Gasteiger partial charge < -0.3 is 9.47 Å². The summed E-state index contributed by atoms with van der Waals surface area (Å²) in [6, 6.07) is 0. The van der Waals surface area contributed by atoms with Crippen LogP contribution in [-0.4, -0.2) is 23.6 Å². The molecule has 0 unspecified atom stereocenters. The second-order valence-electron chi connectivity index (χ2n) is 2.37. The summed E-state index contributed by atoms with van der Waals surface area (Å²) in [4.78, 5) is 6.18. The quantitative estimate of drug-likeness (QED) is 0.686. The Kier molecular flexibility index (Phi) is 1.99. The van der Waals surface area contributed by atoms with E-state index in [1.165, 1.54) is 0 Å². The molecule has 1 aromatic heterocycles. The standard InChI is InChI=1S/C6H10BrN3/c1-9(2)6-8-5(7)4-10(6)3/h4H,1-3H3. The fraction of sp³-hybridized carbons (Fsp3) is 0.500. The van der Waals surface area contributed by atoms with Gasteiger partial charge in [-0.15, -0.1) is 0 Å². The van der Waals surface area contributed by atoms with Gasteiger partial charge in [0.1, 0.15) is 4.60 Å². The van der Waals surface area contributed by atoms with Crippen molar-refractivity contribution in [2.24, 2.45) is 7.05 Å². The Labute approximate surface area is 68.8 Å². The van der Waals surface area contributed by atoms with E-state index in [0.717, 1.165) is 10.6 Å². The van der Waals surface area contributed by atoms with E-state index in [1.54, 1.807) is 0 Å². The number of halogens is 1. The molecule has 0 aliphatic rings. The van der Waals surface area contributed by atoms with Gasteiger partial charge in [-0.1, -0.05) is 0 Å². The zero-order chi connectivity index (χ0) is 7.72. The molecule has 0 atom stereocenters. The van der Waals surface area contributed by atoms with Crippen LogP contribution < -0.4 is 4.90 Å². The number of hydrogen-bond donors (Lipinski definition) is 0. The van der Waals surface area contributed by atoms with E-state index in [9.17, 15) is 0 Å². The number of anilines is 1. The highest BCUT2D eigenvalue weighted by Gasteiger charge is 2.02. The highest BCUT2D eigenvalue weighted by molar-refractivity contribution is 9.10. The van der Waals surface area contributed by atoms with Gasteiger partial charge in [-0.3, -0.25) is 0 Å². The molecule has 0 amide bonds. The first-order valence-electron chi connectivity index (χ1n) is 2.97. The maximum atomic E-state index is 4.22. The summed E-state index contributed by atoms with van der Waals surface area (Å²) in [6.07, 6.45) is 1.93. The predicted molar refractivity (Wildman–Crippen MR) is 45.2 cm³/mol. The smallest absolute Gasteiger partial charge is 0.205 e. The first kappa shape index (κ1) is 7.60. The molecule has 56 valence electrons. The molecule has 0 saturated carbocycles. The summed E-state index contributed by atoms with van der Waals surface area (Å²) in [5.74, 6) is 0.951. The third-order valence-electron chi connectivity index (χ3n) is 1.22. The average molecular weight is 204 g/mol. The van der Waals surface area contributed by atoms with Gasteiger partial charge in [0.15, 0.2) is 0 Å². The first-order chi connectivity index (χ1) is 4.61. The van der Waals surface area contributed by atoms with Gasteiger partial charge in [-0.05, 0) is 15.9 Å². The normalized spacial score (nSPS) is 10.0. The van der Waals surface area contributed by atoms with E-state index in [2.05, 4.69) is 20.9 Å². The van der Waals surface area contributed by atoms with Crippen LogP contribution in [0.5, 0.6) is 0 Å². The van der Waals surface area contributed by atoms with Gasteiger partial charge in [0.05, 0.1) is 0 Å². The molecule has 1 aromatic rings. The van der Waals surface area contributed by atoms with Crippen molar-refractivity contribution in [3.8, 4) is 0 Å². The molecular formula is C6H10BrN3. The Hall–Kier alpha value is -0.510. The molecule has 0 saturated heterocycles. The minimum atomic E-state index is 0.874. The fourth-order valence-corrected chi connectivity index (χ4v) is 1.30. The Morgan fingerprint density at radius 3 is 2.40 bits per heavy atom. The van der Waals surface area contributed by atoms with Crippen LogP contribution in [0.3, 0.4) is 0 Å². The second kappa shape index (κ2) is 2.62. The van der Waals surface area contributed by atoms with Gasteiger partial charge in [-0.2, -0.15) is 0 Å². The van der Waals surface area contributed by atoms with Crippen molar-refractivity contribution in [3.05, 3.63) is 10.8 Å². The second-order valence-corrected chi connectivity index (χ2v) is 3.18. The van der Waals surface area contributed by atoms with Crippen molar-refractivity contribution in [2.45, 2.75) is 0 Å². The molecule has 0 radical (unpaired) electrons. The van der Waals surface area contributed by atoms with Crippen LogP contribution in [0.25, 0.3) is 0 Å². The maximum Gasteiger partial charge on any atom is 0.205 e. The van der Waals surface area contributed by atoms with E-state index in [-0.39, 0.29) is 0 Å². The highest BCUT2D eigenvalue weighted by atomic mass is 79.9. The molecule has 1 rings (SSSR count). The minimum Gasteiger partial charge on any atom is -0.348 e. The predicted octanol–water partition coefficient (Wildman–Crippen LogP) is 1.25. The Morgan fingerprint density at radius 1 is 1.60 bits per heavy atom. The molecule has 0 bridgehead atoms. The molecule has 0 aliphatic heterocycles. The third-order valence-corrected chi connectivity index (χ3v) is 1.60. The number of nitrogens with zero attached hydrogens (tertiary/aromatic N) is 3. The largest absolute Gasteiger partial charge is 0.348 e. The number of hydrogen-bond acceptors (Lipinski definition) is 2. The molecule has 0 aliphatic carbocycles. The van der Waals surface area contributed by atoms with Crippen molar-refractivity contribution in [1.29, 1.82) is 0 Å². The molecule has 0 fully saturated rings. The maximum absolute atomic E-state index is 4.22. The number of aromatic nitrogens is 2.